The summed E-state index contributed by atoms with van der Waals surface area (Å²) in [4.78, 5) is 20.7. The van der Waals surface area contributed by atoms with Crippen LogP contribution in [0.15, 0.2) is 59.7 Å². The van der Waals surface area contributed by atoms with Crippen molar-refractivity contribution < 1.29 is 4.79 Å². The fraction of sp³-hybridized carbons (Fsp3) is 0. The lowest BCUT2D eigenvalue weighted by Gasteiger charge is -2.08. The molecule has 4 nitrogen and oxygen atoms in total. The van der Waals surface area contributed by atoms with Crippen LogP contribution in [0.3, 0.4) is 0 Å². The van der Waals surface area contributed by atoms with Gasteiger partial charge in [-0.15, -0.1) is 0 Å². The highest BCUT2D eigenvalue weighted by atomic mass is 32.2. The number of nitrogens with zero attached hydrogens (tertiary/aromatic N) is 2. The van der Waals surface area contributed by atoms with Crippen molar-refractivity contribution in [1.82, 2.24) is 9.97 Å². The second-order valence-corrected chi connectivity index (χ2v) is 4.33. The summed E-state index contributed by atoms with van der Waals surface area (Å²) in [7, 11) is 0. The van der Waals surface area contributed by atoms with Crippen LogP contribution >= 0.6 is 11.8 Å². The van der Waals surface area contributed by atoms with Crippen molar-refractivity contribution in [1.29, 1.82) is 0 Å². The van der Waals surface area contributed by atoms with Gasteiger partial charge in [0.1, 0.15) is 5.69 Å². The Kier molecular flexibility index (Phi) is 4.09. The van der Waals surface area contributed by atoms with E-state index in [9.17, 15) is 4.79 Å². The highest BCUT2D eigenvalue weighted by Gasteiger charge is 2.09. The van der Waals surface area contributed by atoms with Crippen LogP contribution in [0.5, 0.6) is 0 Å². The summed E-state index contributed by atoms with van der Waals surface area (Å²) in [6.07, 6.45) is 4.44. The summed E-state index contributed by atoms with van der Waals surface area (Å²) in [5, 5.41) is 4.52. The third-order valence-electron chi connectivity index (χ3n) is 2.14. The zero-order valence-corrected chi connectivity index (χ0v) is 10.4. The Hall–Kier alpha value is -2.14. The van der Waals surface area contributed by atoms with E-state index >= 15 is 0 Å². The molecule has 0 saturated heterocycles. The molecule has 5 heteroatoms. The first kappa shape index (κ1) is 12.3. The molecule has 2 aromatic rings. The molecule has 2 rings (SSSR count). The maximum Gasteiger partial charge on any atom is 0.275 e. The summed E-state index contributed by atoms with van der Waals surface area (Å²) in [5.74, 6) is -0.278. The highest BCUT2D eigenvalue weighted by Crippen LogP contribution is 2.27. The largest absolute Gasteiger partial charge is 0.320 e. The fourth-order valence-corrected chi connectivity index (χ4v) is 1.95. The molecule has 90 valence electrons. The first-order valence-electron chi connectivity index (χ1n) is 5.25. The Labute approximate surface area is 109 Å². The number of rotatable bonds is 4. The van der Waals surface area contributed by atoms with E-state index in [1.807, 2.05) is 24.3 Å². The molecule has 0 aliphatic carbocycles. The van der Waals surface area contributed by atoms with E-state index in [1.165, 1.54) is 30.4 Å². The van der Waals surface area contributed by atoms with Crippen LogP contribution in [0.25, 0.3) is 0 Å². The average Bonchev–Trinajstić information content (AvgIpc) is 2.42. The topological polar surface area (TPSA) is 54.9 Å². The smallest absolute Gasteiger partial charge is 0.275 e. The number of para-hydroxylation sites is 1. The summed E-state index contributed by atoms with van der Waals surface area (Å²) in [6, 6.07) is 7.52. The molecule has 0 atom stereocenters. The molecule has 1 N–H and O–H groups in total. The number of benzene rings is 1. The van der Waals surface area contributed by atoms with Gasteiger partial charge in [0.15, 0.2) is 0 Å². The Morgan fingerprint density at radius 1 is 1.33 bits per heavy atom. The van der Waals surface area contributed by atoms with Crippen LogP contribution < -0.4 is 5.32 Å². The van der Waals surface area contributed by atoms with Crippen molar-refractivity contribution in [3.63, 3.8) is 0 Å². The Morgan fingerprint density at radius 2 is 2.17 bits per heavy atom. The molecule has 1 aromatic heterocycles. The zero-order valence-electron chi connectivity index (χ0n) is 9.54. The number of hydrogen-bond acceptors (Lipinski definition) is 4. The Balaban J connectivity index is 2.19. The van der Waals surface area contributed by atoms with Gasteiger partial charge < -0.3 is 5.32 Å². The monoisotopic (exact) mass is 257 g/mol. The summed E-state index contributed by atoms with van der Waals surface area (Å²) in [6.45, 7) is 3.66. The lowest BCUT2D eigenvalue weighted by atomic mass is 10.3. The van der Waals surface area contributed by atoms with E-state index in [-0.39, 0.29) is 11.6 Å². The predicted octanol–water partition coefficient (Wildman–Crippen LogP) is 2.96. The molecular formula is C13H11N3OS. The minimum absolute atomic E-state index is 0.278. The van der Waals surface area contributed by atoms with Gasteiger partial charge in [0.2, 0.25) is 0 Å². The average molecular weight is 257 g/mol. The van der Waals surface area contributed by atoms with Gasteiger partial charge in [-0.2, -0.15) is 0 Å². The Morgan fingerprint density at radius 3 is 2.89 bits per heavy atom. The molecule has 0 fully saturated rings. The highest BCUT2D eigenvalue weighted by molar-refractivity contribution is 8.02. The molecule has 0 aliphatic rings. The third kappa shape index (κ3) is 2.95. The molecule has 0 bridgehead atoms. The number of carbonyl (C=O) groups excluding carboxylic acids is 1. The van der Waals surface area contributed by atoms with Gasteiger partial charge >= 0.3 is 0 Å². The molecule has 0 radical (unpaired) electrons. The molecule has 1 amide bonds. The van der Waals surface area contributed by atoms with Gasteiger partial charge in [0, 0.05) is 17.3 Å². The van der Waals surface area contributed by atoms with Gasteiger partial charge in [-0.05, 0) is 17.5 Å². The maximum absolute atomic E-state index is 11.9. The predicted molar refractivity (Wildman–Crippen MR) is 72.5 cm³/mol. The second kappa shape index (κ2) is 5.97. The summed E-state index contributed by atoms with van der Waals surface area (Å²) in [5.41, 5.74) is 1.02. The molecular weight excluding hydrogens is 246 g/mol. The van der Waals surface area contributed by atoms with Gasteiger partial charge in [0.05, 0.1) is 11.9 Å². The quantitative estimate of drug-likeness (QED) is 0.855. The number of nitrogens with one attached hydrogen (secondary N) is 1. The third-order valence-corrected chi connectivity index (χ3v) is 2.92. The molecule has 0 aliphatic heterocycles. The number of aromatic nitrogens is 2. The maximum atomic E-state index is 11.9. The molecule has 0 spiro atoms. The van der Waals surface area contributed by atoms with Gasteiger partial charge in [-0.25, -0.2) is 4.98 Å². The summed E-state index contributed by atoms with van der Waals surface area (Å²) < 4.78 is 0. The van der Waals surface area contributed by atoms with E-state index < -0.39 is 0 Å². The van der Waals surface area contributed by atoms with Gasteiger partial charge in [0.25, 0.3) is 5.91 Å². The SMILES string of the molecule is C=CSc1ccccc1NC(=O)c1cnccn1. The van der Waals surface area contributed by atoms with Crippen LogP contribution in [0.4, 0.5) is 5.69 Å². The number of hydrogen-bond donors (Lipinski definition) is 1. The van der Waals surface area contributed by atoms with Crippen LogP contribution in [-0.4, -0.2) is 15.9 Å². The van der Waals surface area contributed by atoms with E-state index in [0.717, 1.165) is 10.6 Å². The van der Waals surface area contributed by atoms with E-state index in [0.29, 0.717) is 0 Å². The van der Waals surface area contributed by atoms with Crippen LogP contribution in [0, 0.1) is 0 Å². The van der Waals surface area contributed by atoms with Gasteiger partial charge in [-0.1, -0.05) is 30.5 Å². The van der Waals surface area contributed by atoms with E-state index in [2.05, 4.69) is 21.9 Å². The van der Waals surface area contributed by atoms with Crippen molar-refractivity contribution in [2.24, 2.45) is 0 Å². The molecule has 0 saturated carbocycles. The summed E-state index contributed by atoms with van der Waals surface area (Å²) >= 11 is 1.45. The standard InChI is InChI=1S/C13H11N3OS/c1-2-18-12-6-4-3-5-10(12)16-13(17)11-9-14-7-8-15-11/h2-9H,1H2,(H,16,17). The first-order chi connectivity index (χ1) is 8.81. The second-order valence-electron chi connectivity index (χ2n) is 3.33. The molecule has 0 unspecified atom stereocenters. The van der Waals surface area contributed by atoms with Crippen LogP contribution in [0.2, 0.25) is 0 Å². The first-order valence-corrected chi connectivity index (χ1v) is 6.13. The van der Waals surface area contributed by atoms with E-state index in [4.69, 9.17) is 0 Å². The Bertz CT molecular complexity index is 557. The normalized spacial score (nSPS) is 9.78. The van der Waals surface area contributed by atoms with Crippen LogP contribution in [-0.2, 0) is 0 Å². The number of amides is 1. The van der Waals surface area contributed by atoms with Crippen molar-refractivity contribution in [2.75, 3.05) is 5.32 Å². The van der Waals surface area contributed by atoms with Crippen molar-refractivity contribution in [2.45, 2.75) is 4.90 Å². The number of anilines is 1. The molecule has 1 aromatic carbocycles. The fourth-order valence-electron chi connectivity index (χ4n) is 1.37. The van der Waals surface area contributed by atoms with Crippen molar-refractivity contribution in [3.8, 4) is 0 Å². The lowest BCUT2D eigenvalue weighted by molar-refractivity contribution is 0.102. The minimum Gasteiger partial charge on any atom is -0.320 e. The van der Waals surface area contributed by atoms with Crippen molar-refractivity contribution >= 4 is 23.4 Å². The molecule has 1 heterocycles. The van der Waals surface area contributed by atoms with Gasteiger partial charge in [-0.3, -0.25) is 9.78 Å². The lowest BCUT2D eigenvalue weighted by Crippen LogP contribution is -2.14. The van der Waals surface area contributed by atoms with Crippen molar-refractivity contribution in [3.05, 3.63) is 60.5 Å². The van der Waals surface area contributed by atoms with E-state index in [1.54, 1.807) is 5.41 Å². The number of carbonyl (C=O) groups is 1. The van der Waals surface area contributed by atoms with Crippen LogP contribution in [0.1, 0.15) is 10.5 Å². The minimum atomic E-state index is -0.278. The number of thioether (sulfide) groups is 1. The molecule has 18 heavy (non-hydrogen) atoms. The zero-order chi connectivity index (χ0) is 12.8.